The zero-order chi connectivity index (χ0) is 83.0. The van der Waals surface area contributed by atoms with Crippen LogP contribution in [0, 0.1) is 59.6 Å². The molecule has 2 aliphatic rings. The third-order valence-corrected chi connectivity index (χ3v) is 12.5. The zero-order valence-electron chi connectivity index (χ0n) is 72.0. The number of hydrogen-bond acceptors (Lipinski definition) is 7. The summed E-state index contributed by atoms with van der Waals surface area (Å²) in [6.07, 6.45) is 0.978. The Morgan fingerprint density at radius 3 is 0.644 bits per heavy atom. The van der Waals surface area contributed by atoms with E-state index in [2.05, 4.69) is 53.2 Å². The molecule has 1 saturated heterocycles. The van der Waals surface area contributed by atoms with Crippen LogP contribution in [0.2, 0.25) is 0 Å². The van der Waals surface area contributed by atoms with Crippen LogP contribution in [-0.4, -0.2) is 142 Å². The summed E-state index contributed by atoms with van der Waals surface area (Å²) in [7, 11) is 4.34. The number of halogens is 13. The molecule has 20 heteroatoms. The highest BCUT2D eigenvalue weighted by atomic mass is 19.4. The maximum Gasteiger partial charge on any atom is 0.389 e. The molecule has 1 aliphatic carbocycles. The Kier molecular flexibility index (Phi) is 54.2. The van der Waals surface area contributed by atoms with Crippen LogP contribution in [0.25, 0.3) is 0 Å². The summed E-state index contributed by atoms with van der Waals surface area (Å²) in [5.74, 6) is -5.61. The second kappa shape index (κ2) is 46.4. The van der Waals surface area contributed by atoms with E-state index < -0.39 is 82.5 Å². The minimum absolute atomic E-state index is 0. The van der Waals surface area contributed by atoms with E-state index in [0.717, 1.165) is 32.5 Å². The van der Waals surface area contributed by atoms with E-state index in [0.29, 0.717) is 42.9 Å². The van der Waals surface area contributed by atoms with Gasteiger partial charge in [0, 0.05) is 46.0 Å². The van der Waals surface area contributed by atoms with Gasteiger partial charge in [-0.1, -0.05) is 222 Å². The fourth-order valence-electron chi connectivity index (χ4n) is 12.1. The first kappa shape index (κ1) is 118. The minimum atomic E-state index is -4.02. The van der Waals surface area contributed by atoms with Crippen molar-refractivity contribution < 1.29 is 91.3 Å². The van der Waals surface area contributed by atoms with Gasteiger partial charge >= 0.3 is 6.18 Å². The van der Waals surface area contributed by atoms with Gasteiger partial charge in [0.15, 0.2) is 0 Å². The molecular formula is C81H167F13O7. The van der Waals surface area contributed by atoms with E-state index >= 15 is 0 Å². The van der Waals surface area contributed by atoms with Gasteiger partial charge in [-0.15, -0.1) is 0 Å². The summed E-state index contributed by atoms with van der Waals surface area (Å²) in [4.78, 5) is 0. The standard InChI is InChI=1S/2C9H19FO.C9H18O.C8H16F2O.2C8H17FO.C8H15F.C8H17F.C7H14F2O.C6H11F3.CH4/c2*1-8(2,3)6-9(4,10)7-11-5;1-8(2,3)5-9(4)6-10-7-9;1-7(2,3)5-8(9,10)6-11-4;2*1-7(2,3)5-8(4,9)6-10;1-7(2,3)6-8(9)4-5-8;1-7(2,3)6-8(4,5)9;1-6(2,3)4-7(8,9)5-10;1-5(2,3)4-6(7,8)9;/h2*6-7H2,1-5H3;5-7H2,1-4H3;5-6H2,1-4H3;2*10H,5-6H2,1-4H3;4-6H2,1-3H3;6H2,1-5H3;10H,4-5H2,1-3H3;4H2,1-3H3;1H4/t2*9-;;;2*8-;;;;;/m10..10...../s1. The van der Waals surface area contributed by atoms with Gasteiger partial charge in [0.2, 0.25) is 0 Å². The molecule has 0 aromatic carbocycles. The van der Waals surface area contributed by atoms with Crippen LogP contribution in [-0.2, 0) is 18.9 Å². The lowest BCUT2D eigenvalue weighted by Gasteiger charge is -2.42. The number of aliphatic hydroxyl groups excluding tert-OH is 3. The first-order chi connectivity index (χ1) is 42.8. The van der Waals surface area contributed by atoms with Crippen LogP contribution in [0.3, 0.4) is 0 Å². The maximum absolute atomic E-state index is 13.5. The lowest BCUT2D eigenvalue weighted by molar-refractivity contribution is -0.152. The van der Waals surface area contributed by atoms with E-state index in [1.165, 1.54) is 41.6 Å². The van der Waals surface area contributed by atoms with Gasteiger partial charge in [0.25, 0.3) is 11.8 Å². The molecule has 1 saturated carbocycles. The summed E-state index contributed by atoms with van der Waals surface area (Å²) >= 11 is 0. The van der Waals surface area contributed by atoms with Gasteiger partial charge in [0.05, 0.1) is 39.6 Å². The molecule has 0 amide bonds. The fraction of sp³-hybridized carbons (Fsp3) is 1.00. The second-order valence-electron chi connectivity index (χ2n) is 42.8. The Hall–Kier alpha value is -1.19. The molecule has 0 radical (unpaired) electrons. The van der Waals surface area contributed by atoms with E-state index in [-0.39, 0.29) is 84.6 Å². The van der Waals surface area contributed by atoms with Crippen molar-refractivity contribution >= 4 is 0 Å². The van der Waals surface area contributed by atoms with Crippen molar-refractivity contribution in [1.29, 1.82) is 0 Å². The van der Waals surface area contributed by atoms with E-state index in [9.17, 15) is 57.1 Å². The number of hydrogen-bond donors (Lipinski definition) is 3. The SMILES string of the molecule is C.CC(C)(C)CC(C)(C)F.CC(C)(C)CC(F)(F)CO.CC(C)(C)CC(F)(F)F.CC(C)(C)CC1(C)COC1.CC(C)(C)CC1(F)CC1.CC(C)(C)C[C@@](C)(F)CO.CC(C)(C)C[C@](C)(F)CO.COCC(F)(F)CC(C)(C)C.COC[C@@](C)(F)CC(C)(C)C.COC[C@](C)(F)CC(C)(C)C. The molecule has 0 bridgehead atoms. The summed E-state index contributed by atoms with van der Waals surface area (Å²) in [5.41, 5.74) is -7.22. The van der Waals surface area contributed by atoms with Crippen LogP contribution < -0.4 is 0 Å². The highest BCUT2D eigenvalue weighted by Crippen LogP contribution is 2.48. The largest absolute Gasteiger partial charge is 0.393 e. The maximum atomic E-state index is 13.5. The molecule has 0 spiro atoms. The molecule has 2 fully saturated rings. The Morgan fingerprint density at radius 2 is 0.545 bits per heavy atom. The topological polar surface area (TPSA) is 97.6 Å². The summed E-state index contributed by atoms with van der Waals surface area (Å²) in [6, 6.07) is 0. The number of ether oxygens (including phenoxy) is 4. The lowest BCUT2D eigenvalue weighted by atomic mass is 9.74. The van der Waals surface area contributed by atoms with Crippen LogP contribution in [0.1, 0.15) is 341 Å². The molecule has 0 aromatic rings. The van der Waals surface area contributed by atoms with Crippen molar-refractivity contribution in [2.24, 2.45) is 59.6 Å². The average Bonchev–Trinajstić information content (AvgIpc) is 1.77. The van der Waals surface area contributed by atoms with Crippen molar-refractivity contribution in [2.75, 3.05) is 74.2 Å². The van der Waals surface area contributed by atoms with Crippen LogP contribution in [0.4, 0.5) is 57.1 Å². The molecule has 1 heterocycles. The van der Waals surface area contributed by atoms with Gasteiger partial charge in [-0.25, -0.2) is 43.9 Å². The van der Waals surface area contributed by atoms with Crippen molar-refractivity contribution in [2.45, 2.75) is 393 Å². The van der Waals surface area contributed by atoms with E-state index in [1.807, 2.05) is 104 Å². The van der Waals surface area contributed by atoms with E-state index in [4.69, 9.17) is 29.5 Å². The Balaban J connectivity index is -0.000000133. The van der Waals surface area contributed by atoms with Crippen molar-refractivity contribution in [3.05, 3.63) is 0 Å². The first-order valence-electron chi connectivity index (χ1n) is 35.7. The smallest absolute Gasteiger partial charge is 0.389 e. The number of alkyl halides is 13. The van der Waals surface area contributed by atoms with Crippen molar-refractivity contribution in [1.82, 2.24) is 0 Å². The molecule has 4 atom stereocenters. The highest BCUT2D eigenvalue weighted by molar-refractivity contribution is 4.97. The second-order valence-corrected chi connectivity index (χ2v) is 42.8. The monoisotopic (exact) mass is 1500 g/mol. The highest BCUT2D eigenvalue weighted by Gasteiger charge is 2.46. The Bertz CT molecular complexity index is 1750. The third kappa shape index (κ3) is 108. The third-order valence-electron chi connectivity index (χ3n) is 12.5. The number of aliphatic hydroxyl groups is 3. The number of methoxy groups -OCH3 is 3. The summed E-state index contributed by atoms with van der Waals surface area (Å²) in [6.45, 7) is 70.0. The Morgan fingerprint density at radius 1 is 0.307 bits per heavy atom. The fourth-order valence-corrected chi connectivity index (χ4v) is 12.1. The van der Waals surface area contributed by atoms with E-state index in [1.54, 1.807) is 90.0 Å². The summed E-state index contributed by atoms with van der Waals surface area (Å²) < 4.78 is 183. The predicted molar refractivity (Wildman–Crippen MR) is 406 cm³/mol. The van der Waals surface area contributed by atoms with Gasteiger partial charge < -0.3 is 34.3 Å². The number of rotatable bonds is 18. The van der Waals surface area contributed by atoms with Gasteiger partial charge in [-0.2, -0.15) is 13.2 Å². The van der Waals surface area contributed by atoms with Crippen LogP contribution in [0.5, 0.6) is 0 Å². The molecular weight excluding hydrogens is 1330 g/mol. The van der Waals surface area contributed by atoms with Gasteiger partial charge in [-0.3, -0.25) is 0 Å². The quantitative estimate of drug-likeness (QED) is 0.118. The van der Waals surface area contributed by atoms with Crippen molar-refractivity contribution in [3.8, 4) is 0 Å². The van der Waals surface area contributed by atoms with Crippen LogP contribution >= 0.6 is 0 Å². The zero-order valence-corrected chi connectivity index (χ0v) is 72.0. The summed E-state index contributed by atoms with van der Waals surface area (Å²) in [5, 5.41) is 25.4. The molecule has 1 aliphatic heterocycles. The minimum Gasteiger partial charge on any atom is -0.393 e. The molecule has 3 N–H and O–H groups in total. The lowest BCUT2D eigenvalue weighted by Crippen LogP contribution is -2.42. The molecule has 0 unspecified atom stereocenters. The molecule has 7 nitrogen and oxygen atoms in total. The molecule has 101 heavy (non-hydrogen) atoms. The first-order valence-corrected chi connectivity index (χ1v) is 35.7. The van der Waals surface area contributed by atoms with Crippen molar-refractivity contribution in [3.63, 3.8) is 0 Å². The predicted octanol–water partition coefficient (Wildman–Crippen LogP) is 26.8. The molecule has 0 aromatic heterocycles. The average molecular weight is 1500 g/mol. The molecule has 624 valence electrons. The van der Waals surface area contributed by atoms with Crippen LogP contribution in [0.15, 0.2) is 0 Å². The molecule has 2 rings (SSSR count). The van der Waals surface area contributed by atoms with Gasteiger partial charge in [0.1, 0.15) is 47.2 Å². The normalized spacial score (nSPS) is 17.5. The Labute approximate surface area is 615 Å². The van der Waals surface area contributed by atoms with Gasteiger partial charge in [-0.05, 0) is 153 Å².